The van der Waals surface area contributed by atoms with Gasteiger partial charge in [0.05, 0.1) is 12.1 Å². The average Bonchev–Trinajstić information content (AvgIpc) is 2.65. The minimum absolute atomic E-state index is 0.0952. The first-order valence-electron chi connectivity index (χ1n) is 4.78. The molecule has 2 atom stereocenters. The molecular weight excluding hydrogens is 192 g/mol. The number of halogens is 2. The first-order chi connectivity index (χ1) is 6.59. The molecule has 5 heteroatoms. The molecule has 3 nitrogen and oxygen atoms in total. The highest BCUT2D eigenvalue weighted by Crippen LogP contribution is 2.43. The Kier molecular flexibility index (Phi) is 2.21. The Morgan fingerprint density at radius 3 is 2.86 bits per heavy atom. The standard InChI is InChI=1S/C9H13F2NO2/c10-8(11)6-3-9(5-13)2-1-7(14)12(9)4-6/h6,8,13H,1-5H2/t6?,9-/m1/s1. The fourth-order valence-electron chi connectivity index (χ4n) is 2.57. The number of hydrogen-bond donors (Lipinski definition) is 1. The van der Waals surface area contributed by atoms with Gasteiger partial charge in [-0.3, -0.25) is 4.79 Å². The monoisotopic (exact) mass is 205 g/mol. The molecule has 0 aromatic heterocycles. The summed E-state index contributed by atoms with van der Waals surface area (Å²) in [5.41, 5.74) is -0.668. The van der Waals surface area contributed by atoms with Crippen molar-refractivity contribution in [2.45, 2.75) is 31.2 Å². The summed E-state index contributed by atoms with van der Waals surface area (Å²) in [6, 6.07) is 0. The lowest BCUT2D eigenvalue weighted by Gasteiger charge is -2.29. The Labute approximate surface area is 80.7 Å². The number of nitrogens with zero attached hydrogens (tertiary/aromatic N) is 1. The fourth-order valence-corrected chi connectivity index (χ4v) is 2.57. The van der Waals surface area contributed by atoms with Crippen LogP contribution in [0.15, 0.2) is 0 Å². The van der Waals surface area contributed by atoms with E-state index in [-0.39, 0.29) is 25.5 Å². The average molecular weight is 205 g/mol. The number of carbonyl (C=O) groups is 1. The number of aliphatic hydroxyl groups is 1. The van der Waals surface area contributed by atoms with E-state index in [0.717, 1.165) is 0 Å². The summed E-state index contributed by atoms with van der Waals surface area (Å²) in [6.07, 6.45) is -1.24. The molecule has 2 aliphatic rings. The third kappa shape index (κ3) is 1.22. The van der Waals surface area contributed by atoms with Crippen LogP contribution in [0.5, 0.6) is 0 Å². The molecule has 0 aliphatic carbocycles. The summed E-state index contributed by atoms with van der Waals surface area (Å²) in [6.45, 7) is -0.0843. The van der Waals surface area contributed by atoms with Gasteiger partial charge in [-0.1, -0.05) is 0 Å². The molecule has 80 valence electrons. The highest BCUT2D eigenvalue weighted by molar-refractivity contribution is 5.80. The Hall–Kier alpha value is -0.710. The first kappa shape index (κ1) is 9.83. The molecule has 0 bridgehead atoms. The Bertz CT molecular complexity index is 259. The molecule has 0 radical (unpaired) electrons. The predicted molar refractivity (Wildman–Crippen MR) is 44.9 cm³/mol. The molecule has 2 saturated heterocycles. The third-order valence-electron chi connectivity index (χ3n) is 3.39. The first-order valence-corrected chi connectivity index (χ1v) is 4.78. The van der Waals surface area contributed by atoms with Gasteiger partial charge in [-0.2, -0.15) is 0 Å². The number of amides is 1. The Balaban J connectivity index is 2.18. The van der Waals surface area contributed by atoms with E-state index in [9.17, 15) is 18.7 Å². The van der Waals surface area contributed by atoms with Gasteiger partial charge < -0.3 is 10.0 Å². The number of rotatable bonds is 2. The predicted octanol–water partition coefficient (Wildman–Crippen LogP) is 0.625. The van der Waals surface area contributed by atoms with E-state index in [0.29, 0.717) is 12.8 Å². The zero-order valence-electron chi connectivity index (χ0n) is 7.75. The number of aliphatic hydroxyl groups excluding tert-OH is 1. The van der Waals surface area contributed by atoms with Gasteiger partial charge >= 0.3 is 0 Å². The highest BCUT2D eigenvalue weighted by atomic mass is 19.3. The maximum Gasteiger partial charge on any atom is 0.243 e. The van der Waals surface area contributed by atoms with Gasteiger partial charge in [0.2, 0.25) is 12.3 Å². The van der Waals surface area contributed by atoms with E-state index >= 15 is 0 Å². The second kappa shape index (κ2) is 3.15. The minimum atomic E-state index is -2.39. The van der Waals surface area contributed by atoms with Gasteiger partial charge in [0.1, 0.15) is 0 Å². The van der Waals surface area contributed by atoms with Crippen LogP contribution in [0.1, 0.15) is 19.3 Å². The van der Waals surface area contributed by atoms with Crippen molar-refractivity contribution in [3.8, 4) is 0 Å². The van der Waals surface area contributed by atoms with Gasteiger partial charge in [0.25, 0.3) is 0 Å². The van der Waals surface area contributed by atoms with Crippen molar-refractivity contribution in [2.24, 2.45) is 5.92 Å². The molecule has 0 saturated carbocycles. The second-order valence-electron chi connectivity index (χ2n) is 4.19. The lowest BCUT2D eigenvalue weighted by atomic mass is 9.91. The van der Waals surface area contributed by atoms with Crippen LogP contribution in [-0.2, 0) is 4.79 Å². The van der Waals surface area contributed by atoms with Crippen LogP contribution in [0.2, 0.25) is 0 Å². The van der Waals surface area contributed by atoms with Gasteiger partial charge in [-0.05, 0) is 12.8 Å². The van der Waals surface area contributed by atoms with Gasteiger partial charge in [-0.25, -0.2) is 8.78 Å². The van der Waals surface area contributed by atoms with Crippen molar-refractivity contribution in [1.29, 1.82) is 0 Å². The Morgan fingerprint density at radius 2 is 2.36 bits per heavy atom. The number of alkyl halides is 2. The number of carbonyl (C=O) groups excluding carboxylic acids is 1. The van der Waals surface area contributed by atoms with Crippen LogP contribution in [0, 0.1) is 5.92 Å². The largest absolute Gasteiger partial charge is 0.394 e. The molecule has 14 heavy (non-hydrogen) atoms. The van der Waals surface area contributed by atoms with Crippen molar-refractivity contribution < 1.29 is 18.7 Å². The summed E-state index contributed by atoms with van der Waals surface area (Å²) >= 11 is 0. The van der Waals surface area contributed by atoms with Gasteiger partial charge in [0, 0.05) is 18.9 Å². The fraction of sp³-hybridized carbons (Fsp3) is 0.889. The molecule has 1 amide bonds. The summed E-state index contributed by atoms with van der Waals surface area (Å²) in [7, 11) is 0. The molecule has 2 heterocycles. The molecule has 2 rings (SSSR count). The summed E-state index contributed by atoms with van der Waals surface area (Å²) in [5, 5.41) is 9.21. The Morgan fingerprint density at radius 1 is 1.64 bits per heavy atom. The van der Waals surface area contributed by atoms with E-state index in [1.807, 2.05) is 0 Å². The van der Waals surface area contributed by atoms with E-state index in [1.165, 1.54) is 4.90 Å². The van der Waals surface area contributed by atoms with E-state index in [1.54, 1.807) is 0 Å². The number of hydrogen-bond acceptors (Lipinski definition) is 2. The SMILES string of the molecule is O=C1CC[C@]2(CO)CC(C(F)F)CN12. The normalized spacial score (nSPS) is 37.0. The van der Waals surface area contributed by atoms with Crippen LogP contribution in [0.4, 0.5) is 8.78 Å². The quantitative estimate of drug-likeness (QED) is 0.718. The molecule has 1 N–H and O–H groups in total. The zero-order chi connectivity index (χ0) is 10.3. The lowest BCUT2D eigenvalue weighted by molar-refractivity contribution is -0.130. The number of fused-ring (bicyclic) bond motifs is 1. The maximum absolute atomic E-state index is 12.5. The van der Waals surface area contributed by atoms with Crippen molar-refractivity contribution in [3.05, 3.63) is 0 Å². The van der Waals surface area contributed by atoms with Crippen LogP contribution >= 0.6 is 0 Å². The van der Waals surface area contributed by atoms with Crippen molar-refractivity contribution in [2.75, 3.05) is 13.2 Å². The van der Waals surface area contributed by atoms with E-state index in [4.69, 9.17) is 0 Å². The molecule has 2 aliphatic heterocycles. The molecule has 2 fully saturated rings. The molecule has 0 aromatic carbocycles. The van der Waals surface area contributed by atoms with Crippen molar-refractivity contribution in [3.63, 3.8) is 0 Å². The topological polar surface area (TPSA) is 40.5 Å². The smallest absolute Gasteiger partial charge is 0.243 e. The molecular formula is C9H13F2NO2. The molecule has 0 spiro atoms. The third-order valence-corrected chi connectivity index (χ3v) is 3.39. The van der Waals surface area contributed by atoms with Crippen LogP contribution < -0.4 is 0 Å². The second-order valence-corrected chi connectivity index (χ2v) is 4.19. The zero-order valence-corrected chi connectivity index (χ0v) is 7.75. The highest BCUT2D eigenvalue weighted by Gasteiger charge is 2.53. The molecule has 0 aromatic rings. The summed E-state index contributed by atoms with van der Waals surface area (Å²) < 4.78 is 24.9. The van der Waals surface area contributed by atoms with E-state index in [2.05, 4.69) is 0 Å². The van der Waals surface area contributed by atoms with Crippen molar-refractivity contribution in [1.82, 2.24) is 4.90 Å². The maximum atomic E-state index is 12.5. The van der Waals surface area contributed by atoms with Crippen molar-refractivity contribution >= 4 is 5.91 Å². The molecule has 1 unspecified atom stereocenters. The van der Waals surface area contributed by atoms with Crippen LogP contribution in [0.3, 0.4) is 0 Å². The summed E-state index contributed by atoms with van der Waals surface area (Å²) in [4.78, 5) is 12.8. The summed E-state index contributed by atoms with van der Waals surface area (Å²) in [5.74, 6) is -0.853. The van der Waals surface area contributed by atoms with Crippen LogP contribution in [-0.4, -0.2) is 41.0 Å². The lowest BCUT2D eigenvalue weighted by Crippen LogP contribution is -2.43. The minimum Gasteiger partial charge on any atom is -0.394 e. The van der Waals surface area contributed by atoms with E-state index < -0.39 is 17.9 Å². The van der Waals surface area contributed by atoms with Gasteiger partial charge in [0.15, 0.2) is 0 Å². The van der Waals surface area contributed by atoms with Crippen LogP contribution in [0.25, 0.3) is 0 Å². The van der Waals surface area contributed by atoms with Gasteiger partial charge in [-0.15, -0.1) is 0 Å².